The molecule has 0 unspecified atom stereocenters. The van der Waals surface area contributed by atoms with E-state index in [1.54, 1.807) is 35.5 Å². The van der Waals surface area contributed by atoms with Crippen LogP contribution in [-0.4, -0.2) is 40.3 Å². The van der Waals surface area contributed by atoms with E-state index >= 15 is 0 Å². The van der Waals surface area contributed by atoms with Crippen LogP contribution in [0.15, 0.2) is 0 Å². The Labute approximate surface area is 100.0 Å². The third-order valence-electron chi connectivity index (χ3n) is 5.79. The number of nitrogens with one attached hydrogen (secondary N) is 2. The Morgan fingerprint density at radius 2 is 0.812 bits per heavy atom. The Kier molecular flexibility index (Phi) is 2.56. The van der Waals surface area contributed by atoms with Crippen molar-refractivity contribution in [1.82, 2.24) is 0 Å². The van der Waals surface area contributed by atoms with Crippen LogP contribution in [0, 0.1) is 23.7 Å². The SMILES string of the molecule is C[NH+](C)C1C2CC3CC1CC(C2)C3[NH+](C)C. The standard InChI is InChI=1S/C14H26N2/c1-15(2)13-9-5-11-7-10(13)8-12(6-9)14(11)16(3)4/h9-14H,5-8H2,1-4H3/p+2. The fourth-order valence-corrected chi connectivity index (χ4v) is 5.77. The van der Waals surface area contributed by atoms with Gasteiger partial charge in [0.25, 0.3) is 0 Å². The second-order valence-corrected chi connectivity index (χ2v) is 7.19. The van der Waals surface area contributed by atoms with E-state index in [0.717, 1.165) is 35.8 Å². The van der Waals surface area contributed by atoms with E-state index in [1.165, 1.54) is 0 Å². The quantitative estimate of drug-likeness (QED) is 0.600. The molecule has 92 valence electrons. The van der Waals surface area contributed by atoms with Crippen LogP contribution >= 0.6 is 0 Å². The molecule has 16 heavy (non-hydrogen) atoms. The van der Waals surface area contributed by atoms with Crippen molar-refractivity contribution in [3.8, 4) is 0 Å². The molecule has 0 amide bonds. The van der Waals surface area contributed by atoms with Crippen LogP contribution in [0.25, 0.3) is 0 Å². The number of hydrogen-bond acceptors (Lipinski definition) is 0. The minimum Gasteiger partial charge on any atom is -0.337 e. The van der Waals surface area contributed by atoms with E-state index in [1.807, 2.05) is 0 Å². The first-order valence-corrected chi connectivity index (χ1v) is 7.18. The van der Waals surface area contributed by atoms with Gasteiger partial charge in [-0.1, -0.05) is 0 Å². The van der Waals surface area contributed by atoms with Gasteiger partial charge in [-0.15, -0.1) is 0 Å². The fourth-order valence-electron chi connectivity index (χ4n) is 5.77. The minimum absolute atomic E-state index is 0.991. The van der Waals surface area contributed by atoms with E-state index < -0.39 is 0 Å². The predicted molar refractivity (Wildman–Crippen MR) is 65.6 cm³/mol. The molecule has 0 aromatic heterocycles. The Balaban J connectivity index is 1.82. The molecular formula is C14H28N2+2. The van der Waals surface area contributed by atoms with Crippen molar-refractivity contribution < 1.29 is 9.80 Å². The van der Waals surface area contributed by atoms with Crippen LogP contribution in [0.3, 0.4) is 0 Å². The molecule has 4 aliphatic carbocycles. The van der Waals surface area contributed by atoms with Gasteiger partial charge in [0.2, 0.25) is 0 Å². The topological polar surface area (TPSA) is 8.88 Å². The van der Waals surface area contributed by atoms with E-state index in [4.69, 9.17) is 0 Å². The van der Waals surface area contributed by atoms with Gasteiger partial charge in [-0.2, -0.15) is 0 Å². The molecule has 4 saturated carbocycles. The van der Waals surface area contributed by atoms with Gasteiger partial charge in [0.15, 0.2) is 0 Å². The van der Waals surface area contributed by atoms with Gasteiger partial charge in [0, 0.05) is 23.7 Å². The van der Waals surface area contributed by atoms with Crippen molar-refractivity contribution in [2.45, 2.75) is 37.8 Å². The highest BCUT2D eigenvalue weighted by Gasteiger charge is 2.57. The second kappa shape index (κ2) is 3.71. The molecule has 4 bridgehead atoms. The number of quaternary nitrogens is 2. The molecule has 2 heteroatoms. The van der Waals surface area contributed by atoms with E-state index in [-0.39, 0.29) is 0 Å². The maximum atomic E-state index is 2.38. The first-order chi connectivity index (χ1) is 7.58. The predicted octanol–water partition coefficient (Wildman–Crippen LogP) is -0.921. The lowest BCUT2D eigenvalue weighted by Gasteiger charge is -2.57. The van der Waals surface area contributed by atoms with Crippen molar-refractivity contribution >= 4 is 0 Å². The smallest absolute Gasteiger partial charge is 0.0928 e. The van der Waals surface area contributed by atoms with Crippen LogP contribution < -0.4 is 9.80 Å². The van der Waals surface area contributed by atoms with E-state index in [0.29, 0.717) is 0 Å². The summed E-state index contributed by atoms with van der Waals surface area (Å²) in [5, 5.41) is 0. The Bertz CT molecular complexity index is 218. The summed E-state index contributed by atoms with van der Waals surface area (Å²) in [6, 6.07) is 1.98. The van der Waals surface area contributed by atoms with Gasteiger partial charge in [0.1, 0.15) is 0 Å². The summed E-state index contributed by atoms with van der Waals surface area (Å²) in [4.78, 5) is 3.45. The Morgan fingerprint density at radius 1 is 0.562 bits per heavy atom. The highest BCUT2D eigenvalue weighted by molar-refractivity contribution is 5.02. The molecule has 0 aliphatic heterocycles. The van der Waals surface area contributed by atoms with Gasteiger partial charge in [0.05, 0.1) is 40.3 Å². The third kappa shape index (κ3) is 1.46. The van der Waals surface area contributed by atoms with Crippen LogP contribution in [0.5, 0.6) is 0 Å². The van der Waals surface area contributed by atoms with Crippen LogP contribution in [-0.2, 0) is 0 Å². The zero-order chi connectivity index (χ0) is 11.4. The summed E-state index contributed by atoms with van der Waals surface area (Å²) in [5.74, 6) is 4.23. The minimum atomic E-state index is 0.991. The first kappa shape index (κ1) is 11.0. The fraction of sp³-hybridized carbons (Fsp3) is 1.00. The largest absolute Gasteiger partial charge is 0.337 e. The maximum Gasteiger partial charge on any atom is 0.0928 e. The van der Waals surface area contributed by atoms with Gasteiger partial charge in [-0.05, 0) is 25.7 Å². The average Bonchev–Trinajstić information content (AvgIpc) is 2.14. The molecule has 0 aromatic rings. The Hall–Kier alpha value is -0.0800. The zero-order valence-electron chi connectivity index (χ0n) is 11.3. The molecule has 0 heterocycles. The summed E-state index contributed by atoms with van der Waals surface area (Å²) in [6.45, 7) is 0. The molecule has 4 rings (SSSR count). The summed E-state index contributed by atoms with van der Waals surface area (Å²) >= 11 is 0. The molecule has 0 atom stereocenters. The number of rotatable bonds is 2. The van der Waals surface area contributed by atoms with Crippen molar-refractivity contribution in [1.29, 1.82) is 0 Å². The van der Waals surface area contributed by atoms with E-state index in [2.05, 4.69) is 28.2 Å². The molecule has 0 radical (unpaired) electrons. The van der Waals surface area contributed by atoms with Crippen molar-refractivity contribution in [3.63, 3.8) is 0 Å². The highest BCUT2D eigenvalue weighted by atomic mass is 15.1. The van der Waals surface area contributed by atoms with Crippen LogP contribution in [0.2, 0.25) is 0 Å². The lowest BCUT2D eigenvalue weighted by atomic mass is 9.51. The highest BCUT2D eigenvalue weighted by Crippen LogP contribution is 2.52. The van der Waals surface area contributed by atoms with Gasteiger partial charge < -0.3 is 9.80 Å². The summed E-state index contributed by atoms with van der Waals surface area (Å²) in [5.41, 5.74) is 0. The van der Waals surface area contributed by atoms with Crippen LogP contribution in [0.1, 0.15) is 25.7 Å². The van der Waals surface area contributed by atoms with E-state index in [9.17, 15) is 0 Å². The van der Waals surface area contributed by atoms with Crippen LogP contribution in [0.4, 0.5) is 0 Å². The molecular weight excluding hydrogens is 196 g/mol. The monoisotopic (exact) mass is 224 g/mol. The average molecular weight is 224 g/mol. The Morgan fingerprint density at radius 3 is 1.00 bits per heavy atom. The molecule has 2 N–H and O–H groups in total. The zero-order valence-corrected chi connectivity index (χ0v) is 11.3. The first-order valence-electron chi connectivity index (χ1n) is 7.18. The van der Waals surface area contributed by atoms with Gasteiger partial charge in [-0.3, -0.25) is 0 Å². The molecule has 0 spiro atoms. The lowest BCUT2D eigenvalue weighted by Crippen LogP contribution is -3.15. The van der Waals surface area contributed by atoms with Gasteiger partial charge in [-0.25, -0.2) is 0 Å². The van der Waals surface area contributed by atoms with Crippen molar-refractivity contribution in [3.05, 3.63) is 0 Å². The molecule has 0 aromatic carbocycles. The third-order valence-corrected chi connectivity index (χ3v) is 5.79. The normalized spacial score (nSPS) is 50.6. The van der Waals surface area contributed by atoms with Crippen molar-refractivity contribution in [2.24, 2.45) is 23.7 Å². The number of hydrogen-bond donors (Lipinski definition) is 2. The summed E-state index contributed by atoms with van der Waals surface area (Å²) in [7, 11) is 9.51. The molecule has 2 nitrogen and oxygen atoms in total. The maximum absolute atomic E-state index is 2.38. The molecule has 0 saturated heterocycles. The molecule has 4 fully saturated rings. The lowest BCUT2D eigenvalue weighted by molar-refractivity contribution is -0.912. The van der Waals surface area contributed by atoms with Gasteiger partial charge >= 0.3 is 0 Å². The van der Waals surface area contributed by atoms with Crippen molar-refractivity contribution in [2.75, 3.05) is 28.2 Å². The summed E-state index contributed by atoms with van der Waals surface area (Å²) < 4.78 is 0. The second-order valence-electron chi connectivity index (χ2n) is 7.19. The summed E-state index contributed by atoms with van der Waals surface area (Å²) in [6.07, 6.45) is 6.16. The molecule has 4 aliphatic rings.